The first-order valence-corrected chi connectivity index (χ1v) is 14.9. The first kappa shape index (κ1) is 33.1. The van der Waals surface area contributed by atoms with Crippen LogP contribution in [0.25, 0.3) is 0 Å². The van der Waals surface area contributed by atoms with Crippen molar-refractivity contribution in [2.75, 3.05) is 5.75 Å². The van der Waals surface area contributed by atoms with Crippen molar-refractivity contribution in [3.63, 3.8) is 0 Å². The Labute approximate surface area is 264 Å². The van der Waals surface area contributed by atoms with Crippen LogP contribution in [0.5, 0.6) is 0 Å². The minimum Gasteiger partial charge on any atom is -0.478 e. The number of rotatable bonds is 10. The average Bonchev–Trinajstić information content (AvgIpc) is 3.08. The SMILES string of the molecule is O=C(O)c1ccccc1SC[C@H]1C[C@@H](c2ccc(CO)cc2)O[C@@H](c2ccc(CNC(=O)c3c(F)c(F)c(F)c(F)c3F)cc2)O1. The van der Waals surface area contributed by atoms with Gasteiger partial charge in [0.2, 0.25) is 5.82 Å². The topological polar surface area (TPSA) is 105 Å². The Morgan fingerprint density at radius 1 is 0.783 bits per heavy atom. The van der Waals surface area contributed by atoms with Crippen molar-refractivity contribution in [3.05, 3.63) is 135 Å². The third kappa shape index (κ3) is 7.23. The predicted octanol–water partition coefficient (Wildman–Crippen LogP) is 6.84. The number of aromatic carboxylic acids is 1. The van der Waals surface area contributed by atoms with Gasteiger partial charge in [-0.1, -0.05) is 60.7 Å². The van der Waals surface area contributed by atoms with Gasteiger partial charge in [0.25, 0.3) is 5.91 Å². The lowest BCUT2D eigenvalue weighted by molar-refractivity contribution is -0.245. The van der Waals surface area contributed by atoms with E-state index in [1.807, 2.05) is 12.1 Å². The molecule has 1 saturated heterocycles. The molecule has 0 saturated carbocycles. The molecular weight excluding hydrogens is 633 g/mol. The maximum atomic E-state index is 14.0. The van der Waals surface area contributed by atoms with Gasteiger partial charge < -0.3 is 25.0 Å². The van der Waals surface area contributed by atoms with Gasteiger partial charge >= 0.3 is 5.97 Å². The van der Waals surface area contributed by atoms with Gasteiger partial charge in [-0.05, 0) is 28.8 Å². The van der Waals surface area contributed by atoms with E-state index in [0.29, 0.717) is 28.2 Å². The van der Waals surface area contributed by atoms with Gasteiger partial charge in [0.05, 0.1) is 24.4 Å². The van der Waals surface area contributed by atoms with E-state index in [1.165, 1.54) is 17.8 Å². The molecule has 4 aromatic rings. The van der Waals surface area contributed by atoms with Gasteiger partial charge in [0, 0.05) is 29.2 Å². The van der Waals surface area contributed by atoms with Crippen LogP contribution in [-0.2, 0) is 22.6 Å². The van der Waals surface area contributed by atoms with Gasteiger partial charge in [-0.25, -0.2) is 26.7 Å². The number of halogens is 5. The zero-order valence-corrected chi connectivity index (χ0v) is 24.6. The normalized spacial score (nSPS) is 17.9. The second kappa shape index (κ2) is 14.4. The molecular formula is C33H26F5NO6S. The Balaban J connectivity index is 1.31. The zero-order chi connectivity index (χ0) is 33.0. The molecule has 1 heterocycles. The third-order valence-electron chi connectivity index (χ3n) is 7.30. The van der Waals surface area contributed by atoms with Crippen molar-refractivity contribution >= 4 is 23.6 Å². The van der Waals surface area contributed by atoms with E-state index in [1.54, 1.807) is 54.6 Å². The molecule has 46 heavy (non-hydrogen) atoms. The molecule has 1 fully saturated rings. The highest BCUT2D eigenvalue weighted by molar-refractivity contribution is 7.99. The highest BCUT2D eigenvalue weighted by Crippen LogP contribution is 2.40. The van der Waals surface area contributed by atoms with Crippen molar-refractivity contribution in [1.29, 1.82) is 0 Å². The molecule has 4 aromatic carbocycles. The summed E-state index contributed by atoms with van der Waals surface area (Å²) in [6, 6.07) is 20.3. The number of ether oxygens (including phenoxy) is 2. The summed E-state index contributed by atoms with van der Waals surface area (Å²) in [6.45, 7) is -0.402. The van der Waals surface area contributed by atoms with E-state index in [-0.39, 0.29) is 24.8 Å². The molecule has 0 aromatic heterocycles. The Morgan fingerprint density at radius 2 is 1.37 bits per heavy atom. The van der Waals surface area contributed by atoms with Gasteiger partial charge in [0.15, 0.2) is 29.6 Å². The molecule has 1 aliphatic heterocycles. The molecule has 240 valence electrons. The first-order chi connectivity index (χ1) is 22.1. The van der Waals surface area contributed by atoms with Gasteiger partial charge in [0.1, 0.15) is 5.56 Å². The molecule has 13 heteroatoms. The summed E-state index contributed by atoms with van der Waals surface area (Å²) in [7, 11) is 0. The Kier molecular flexibility index (Phi) is 10.4. The lowest BCUT2D eigenvalue weighted by Gasteiger charge is -2.36. The van der Waals surface area contributed by atoms with E-state index in [9.17, 15) is 41.8 Å². The Bertz CT molecular complexity index is 1710. The van der Waals surface area contributed by atoms with Crippen molar-refractivity contribution < 1.29 is 51.2 Å². The van der Waals surface area contributed by atoms with Crippen molar-refractivity contribution in [1.82, 2.24) is 5.32 Å². The zero-order valence-electron chi connectivity index (χ0n) is 23.8. The van der Waals surface area contributed by atoms with Crippen molar-refractivity contribution in [2.24, 2.45) is 0 Å². The molecule has 0 unspecified atom stereocenters. The Hall–Kier alpha value is -4.30. The number of benzene rings is 4. The summed E-state index contributed by atoms with van der Waals surface area (Å²) in [5, 5.41) is 21.1. The lowest BCUT2D eigenvalue weighted by atomic mass is 10.0. The molecule has 7 nitrogen and oxygen atoms in total. The molecule has 0 aliphatic carbocycles. The highest BCUT2D eigenvalue weighted by Gasteiger charge is 2.33. The molecule has 3 N–H and O–H groups in total. The molecule has 1 aliphatic rings. The van der Waals surface area contributed by atoms with Crippen LogP contribution in [0.1, 0.15) is 61.8 Å². The summed E-state index contributed by atoms with van der Waals surface area (Å²) >= 11 is 1.34. The minimum absolute atomic E-state index is 0.117. The van der Waals surface area contributed by atoms with E-state index in [4.69, 9.17) is 9.47 Å². The van der Waals surface area contributed by atoms with Gasteiger partial charge in [-0.3, -0.25) is 4.79 Å². The standard InChI is InChI=1S/C33H26F5NO6S/c34-26-25(27(35)29(37)30(38)28(26)36)31(41)39-14-17-5-11-20(12-6-17)33-44-21(16-46-24-4-2-1-3-22(24)32(42)43)13-23(45-33)19-9-7-18(15-40)8-10-19/h1-12,21,23,33,40H,13-16H2,(H,39,41)(H,42,43)/t21-,23+,33+/m1/s1. The van der Waals surface area contributed by atoms with Crippen LogP contribution in [0.15, 0.2) is 77.7 Å². The van der Waals surface area contributed by atoms with Crippen LogP contribution in [-0.4, -0.2) is 33.9 Å². The fourth-order valence-electron chi connectivity index (χ4n) is 4.84. The van der Waals surface area contributed by atoms with E-state index in [0.717, 1.165) is 11.1 Å². The number of amides is 1. The number of aliphatic hydroxyl groups is 1. The number of hydrogen-bond donors (Lipinski definition) is 3. The van der Waals surface area contributed by atoms with Crippen LogP contribution in [0.2, 0.25) is 0 Å². The Morgan fingerprint density at radius 3 is 2.00 bits per heavy atom. The van der Waals surface area contributed by atoms with Crippen LogP contribution in [0.3, 0.4) is 0 Å². The monoisotopic (exact) mass is 659 g/mol. The second-order valence-electron chi connectivity index (χ2n) is 10.3. The maximum Gasteiger partial charge on any atom is 0.336 e. The van der Waals surface area contributed by atoms with Crippen LogP contribution >= 0.6 is 11.8 Å². The summed E-state index contributed by atoms with van der Waals surface area (Å²) in [4.78, 5) is 24.6. The quantitative estimate of drug-likeness (QED) is 0.0741. The number of carbonyl (C=O) groups excluding carboxylic acids is 1. The van der Waals surface area contributed by atoms with Crippen molar-refractivity contribution in [2.45, 2.75) is 43.0 Å². The smallest absolute Gasteiger partial charge is 0.336 e. The number of hydrogen-bond acceptors (Lipinski definition) is 6. The van der Waals surface area contributed by atoms with E-state index >= 15 is 0 Å². The molecule has 3 atom stereocenters. The molecule has 5 rings (SSSR count). The van der Waals surface area contributed by atoms with Crippen LogP contribution in [0, 0.1) is 29.1 Å². The number of carboxylic acid groups (broad SMARTS) is 1. The predicted molar refractivity (Wildman–Crippen MR) is 156 cm³/mol. The number of nitrogens with one attached hydrogen (secondary N) is 1. The summed E-state index contributed by atoms with van der Waals surface area (Å²) in [6.07, 6.45) is -1.17. The van der Waals surface area contributed by atoms with E-state index in [2.05, 4.69) is 5.32 Å². The largest absolute Gasteiger partial charge is 0.478 e. The lowest BCUT2D eigenvalue weighted by Crippen LogP contribution is -2.31. The number of carboxylic acids is 1. The van der Waals surface area contributed by atoms with E-state index < -0.39 is 58.9 Å². The number of carbonyl (C=O) groups is 2. The van der Waals surface area contributed by atoms with Crippen LogP contribution < -0.4 is 5.32 Å². The molecule has 1 amide bonds. The van der Waals surface area contributed by atoms with Gasteiger partial charge in [-0.15, -0.1) is 11.8 Å². The van der Waals surface area contributed by atoms with Crippen LogP contribution in [0.4, 0.5) is 22.0 Å². The fourth-order valence-corrected chi connectivity index (χ4v) is 5.91. The maximum absolute atomic E-state index is 14.0. The molecule has 0 bridgehead atoms. The summed E-state index contributed by atoms with van der Waals surface area (Å²) in [5.41, 5.74) is 1.21. The van der Waals surface area contributed by atoms with Crippen molar-refractivity contribution in [3.8, 4) is 0 Å². The number of thioether (sulfide) groups is 1. The molecule has 0 radical (unpaired) electrons. The second-order valence-corrected chi connectivity index (χ2v) is 11.4. The fraction of sp³-hybridized carbons (Fsp3) is 0.212. The highest BCUT2D eigenvalue weighted by atomic mass is 32.2. The summed E-state index contributed by atoms with van der Waals surface area (Å²) in [5.74, 6) is -13.3. The molecule has 0 spiro atoms. The first-order valence-electron chi connectivity index (χ1n) is 13.9. The minimum atomic E-state index is -2.36. The number of aliphatic hydroxyl groups excluding tert-OH is 1. The summed E-state index contributed by atoms with van der Waals surface area (Å²) < 4.78 is 81.0. The average molecular weight is 660 g/mol. The third-order valence-corrected chi connectivity index (χ3v) is 8.50. The van der Waals surface area contributed by atoms with Gasteiger partial charge in [-0.2, -0.15) is 0 Å².